The van der Waals surface area contributed by atoms with E-state index in [2.05, 4.69) is 4.98 Å². The lowest BCUT2D eigenvalue weighted by Crippen LogP contribution is -2.50. The number of nitrogens with zero attached hydrogens (tertiary/aromatic N) is 2. The Morgan fingerprint density at radius 1 is 0.865 bits per heavy atom. The minimum atomic E-state index is -1.51. The first-order valence-electron chi connectivity index (χ1n) is 11.2. The largest absolute Gasteiger partial charge is 0.462 e. The van der Waals surface area contributed by atoms with E-state index in [1.807, 2.05) is 6.92 Å². The van der Waals surface area contributed by atoms with Crippen LogP contribution in [0.4, 0.5) is 0 Å². The summed E-state index contributed by atoms with van der Waals surface area (Å²) in [5.41, 5.74) is 6.09. The molecule has 0 aliphatic rings. The lowest BCUT2D eigenvalue weighted by Gasteiger charge is -2.32. The van der Waals surface area contributed by atoms with Crippen LogP contribution in [0.2, 0.25) is 0 Å². The zero-order chi connectivity index (χ0) is 28.0. The van der Waals surface area contributed by atoms with Gasteiger partial charge in [-0.3, -0.25) is 28.8 Å². The Balaban J connectivity index is 2.75. The second-order valence-corrected chi connectivity index (χ2v) is 8.34. The van der Waals surface area contributed by atoms with Gasteiger partial charge in [0, 0.05) is 27.7 Å². The van der Waals surface area contributed by atoms with Crippen LogP contribution in [-0.4, -0.2) is 64.3 Å². The summed E-state index contributed by atoms with van der Waals surface area (Å²) >= 11 is 0. The van der Waals surface area contributed by atoms with E-state index in [0.717, 1.165) is 43.4 Å². The molecule has 13 heteroatoms. The summed E-state index contributed by atoms with van der Waals surface area (Å²) in [7, 11) is 0. The lowest BCUT2D eigenvalue weighted by molar-refractivity contribution is -0.190. The van der Waals surface area contributed by atoms with Crippen molar-refractivity contribution in [2.45, 2.75) is 66.4 Å². The van der Waals surface area contributed by atoms with Crippen molar-refractivity contribution in [2.24, 2.45) is 5.73 Å². The molecule has 0 radical (unpaired) electrons. The highest BCUT2D eigenvalue weighted by molar-refractivity contribution is 5.92. The number of carbonyl (C=O) groups excluding carboxylic acids is 5. The third-order valence-corrected chi connectivity index (χ3v) is 5.28. The second kappa shape index (κ2) is 12.1. The molecule has 13 nitrogen and oxygen atoms in total. The van der Waals surface area contributed by atoms with Crippen molar-refractivity contribution in [2.75, 3.05) is 6.61 Å². The maximum atomic E-state index is 13.2. The van der Waals surface area contributed by atoms with Gasteiger partial charge in [0.25, 0.3) is 11.5 Å². The second-order valence-electron chi connectivity index (χ2n) is 8.34. The van der Waals surface area contributed by atoms with Crippen LogP contribution in [0.5, 0.6) is 0 Å². The number of amides is 1. The molecule has 1 aromatic carbocycles. The number of benzene rings is 1. The van der Waals surface area contributed by atoms with Crippen molar-refractivity contribution < 1.29 is 42.9 Å². The molecule has 0 saturated carbocycles. The van der Waals surface area contributed by atoms with Gasteiger partial charge in [-0.1, -0.05) is 0 Å². The first kappa shape index (κ1) is 28.9. The monoisotopic (exact) mass is 519 g/mol. The summed E-state index contributed by atoms with van der Waals surface area (Å²) in [6.07, 6.45) is -4.35. The molecule has 2 N–H and O–H groups in total. The number of carbonyl (C=O) groups is 5. The standard InChI is InChI=1S/C24H29N3O10/c1-11-7-17-18(8-12(11)2)27(24(33)21(26-17)23(25)32)9-19(35-14(4)29)22(37-16(6)31)20(36-15(5)30)10-34-13(3)28/h7-8,19-20,22H,9-10H2,1-6H3,(H2,25,32). The molecule has 0 bridgehead atoms. The number of ether oxygens (including phenoxy) is 4. The molecule has 0 aliphatic heterocycles. The van der Waals surface area contributed by atoms with E-state index in [1.54, 1.807) is 19.1 Å². The third-order valence-electron chi connectivity index (χ3n) is 5.28. The number of rotatable bonds is 10. The van der Waals surface area contributed by atoms with Gasteiger partial charge in [0.05, 0.1) is 17.6 Å². The van der Waals surface area contributed by atoms with Crippen molar-refractivity contribution in [1.82, 2.24) is 9.55 Å². The van der Waals surface area contributed by atoms with Gasteiger partial charge < -0.3 is 29.2 Å². The molecular weight excluding hydrogens is 490 g/mol. The molecule has 3 atom stereocenters. The van der Waals surface area contributed by atoms with Crippen LogP contribution in [0.1, 0.15) is 49.3 Å². The fourth-order valence-corrected chi connectivity index (χ4v) is 3.63. The molecule has 1 amide bonds. The Morgan fingerprint density at radius 2 is 1.41 bits per heavy atom. The van der Waals surface area contributed by atoms with Crippen LogP contribution in [0.3, 0.4) is 0 Å². The van der Waals surface area contributed by atoms with Crippen LogP contribution in [0.25, 0.3) is 11.0 Å². The van der Waals surface area contributed by atoms with E-state index in [-0.39, 0.29) is 11.0 Å². The predicted octanol–water partition coefficient (Wildman–Crippen LogP) is 0.470. The highest BCUT2D eigenvalue weighted by Gasteiger charge is 2.39. The molecule has 37 heavy (non-hydrogen) atoms. The molecule has 1 aromatic heterocycles. The topological polar surface area (TPSA) is 183 Å². The van der Waals surface area contributed by atoms with Crippen LogP contribution in [0, 0.1) is 13.8 Å². The van der Waals surface area contributed by atoms with Gasteiger partial charge in [-0.2, -0.15) is 0 Å². The fourth-order valence-electron chi connectivity index (χ4n) is 3.63. The number of primary amides is 1. The summed E-state index contributed by atoms with van der Waals surface area (Å²) in [4.78, 5) is 76.5. The number of hydrogen-bond donors (Lipinski definition) is 1. The number of fused-ring (bicyclic) bond motifs is 1. The summed E-state index contributed by atoms with van der Waals surface area (Å²) in [5, 5.41) is 0. The predicted molar refractivity (Wildman–Crippen MR) is 127 cm³/mol. The Morgan fingerprint density at radius 3 is 1.92 bits per heavy atom. The summed E-state index contributed by atoms with van der Waals surface area (Å²) in [6, 6.07) is 3.30. The summed E-state index contributed by atoms with van der Waals surface area (Å²) in [5.74, 6) is -4.24. The minimum absolute atomic E-state index is 0.263. The third kappa shape index (κ3) is 7.59. The number of aryl methyl sites for hydroxylation is 2. The van der Waals surface area contributed by atoms with Crippen molar-refractivity contribution in [3.8, 4) is 0 Å². The molecule has 2 rings (SSSR count). The van der Waals surface area contributed by atoms with Gasteiger partial charge in [0.2, 0.25) is 0 Å². The van der Waals surface area contributed by atoms with Gasteiger partial charge in [0.1, 0.15) is 6.61 Å². The molecule has 0 fully saturated rings. The molecule has 0 aliphatic carbocycles. The average Bonchev–Trinajstić information content (AvgIpc) is 2.76. The number of nitrogens with two attached hydrogens (primary N) is 1. The minimum Gasteiger partial charge on any atom is -0.462 e. The van der Waals surface area contributed by atoms with E-state index >= 15 is 0 Å². The SMILES string of the molecule is CC(=O)OCC(OC(C)=O)C(OC(C)=O)C(Cn1c(=O)c(C(N)=O)nc2cc(C)c(C)cc21)OC(C)=O. The molecule has 1 heterocycles. The van der Waals surface area contributed by atoms with Gasteiger partial charge in [0.15, 0.2) is 24.0 Å². The number of esters is 4. The van der Waals surface area contributed by atoms with Crippen LogP contribution in [-0.2, 0) is 44.7 Å². The first-order chi connectivity index (χ1) is 17.2. The van der Waals surface area contributed by atoms with E-state index in [1.165, 1.54) is 0 Å². The van der Waals surface area contributed by atoms with Gasteiger partial charge in [-0.25, -0.2) is 4.98 Å². The first-order valence-corrected chi connectivity index (χ1v) is 11.2. The molecule has 3 unspecified atom stereocenters. The molecule has 2 aromatic rings. The molecule has 0 spiro atoms. The van der Waals surface area contributed by atoms with Crippen molar-refractivity contribution in [3.63, 3.8) is 0 Å². The maximum Gasteiger partial charge on any atom is 0.303 e. The quantitative estimate of drug-likeness (QED) is 0.340. The zero-order valence-electron chi connectivity index (χ0n) is 21.4. The lowest BCUT2D eigenvalue weighted by atomic mass is 10.1. The summed E-state index contributed by atoms with van der Waals surface area (Å²) in [6.45, 7) is 6.96. The highest BCUT2D eigenvalue weighted by atomic mass is 16.6. The average molecular weight is 520 g/mol. The fraction of sp³-hybridized carbons (Fsp3) is 0.458. The highest BCUT2D eigenvalue weighted by Crippen LogP contribution is 2.21. The Kier molecular flexibility index (Phi) is 9.47. The van der Waals surface area contributed by atoms with E-state index in [0.29, 0.717) is 0 Å². The zero-order valence-corrected chi connectivity index (χ0v) is 21.4. The molecule has 200 valence electrons. The van der Waals surface area contributed by atoms with Crippen molar-refractivity contribution in [3.05, 3.63) is 39.3 Å². The van der Waals surface area contributed by atoms with E-state index in [9.17, 15) is 28.8 Å². The summed E-state index contributed by atoms with van der Waals surface area (Å²) < 4.78 is 22.0. The maximum absolute atomic E-state index is 13.2. The normalized spacial score (nSPS) is 13.2. The van der Waals surface area contributed by atoms with Crippen LogP contribution >= 0.6 is 0 Å². The Labute approximate surface area is 211 Å². The van der Waals surface area contributed by atoms with Gasteiger partial charge >= 0.3 is 23.9 Å². The van der Waals surface area contributed by atoms with Crippen LogP contribution in [0.15, 0.2) is 16.9 Å². The number of aromatic nitrogens is 2. The van der Waals surface area contributed by atoms with Crippen LogP contribution < -0.4 is 11.3 Å². The smallest absolute Gasteiger partial charge is 0.303 e. The molecule has 0 saturated heterocycles. The van der Waals surface area contributed by atoms with Crippen molar-refractivity contribution >= 4 is 40.8 Å². The van der Waals surface area contributed by atoms with Gasteiger partial charge in [-0.05, 0) is 37.1 Å². The Bertz CT molecular complexity index is 1300. The van der Waals surface area contributed by atoms with E-state index in [4.69, 9.17) is 24.7 Å². The Hall–Kier alpha value is -4.29. The van der Waals surface area contributed by atoms with Crippen molar-refractivity contribution in [1.29, 1.82) is 0 Å². The number of hydrogen-bond acceptors (Lipinski definition) is 11. The van der Waals surface area contributed by atoms with Gasteiger partial charge in [-0.15, -0.1) is 0 Å². The van der Waals surface area contributed by atoms with E-state index < -0.39 is 72.5 Å². The molecular formula is C24H29N3O10.